The number of amides is 1. The van der Waals surface area contributed by atoms with Gasteiger partial charge in [0, 0.05) is 30.8 Å². The minimum atomic E-state index is -0.0922. The number of thioether (sulfide) groups is 1. The Labute approximate surface area is 196 Å². The van der Waals surface area contributed by atoms with Crippen LogP contribution in [0.15, 0.2) is 28.2 Å². The van der Waals surface area contributed by atoms with Crippen molar-refractivity contribution in [2.45, 2.75) is 57.7 Å². The maximum atomic E-state index is 13.4. The molecule has 0 radical (unpaired) electrons. The van der Waals surface area contributed by atoms with E-state index in [4.69, 9.17) is 9.72 Å². The topological polar surface area (TPSA) is 73.2 Å². The first-order valence-electron chi connectivity index (χ1n) is 11.1. The van der Waals surface area contributed by atoms with E-state index in [1.807, 2.05) is 25.1 Å². The second-order valence-corrected chi connectivity index (χ2v) is 10.1. The molecule has 0 unspecified atom stereocenters. The number of carbonyl (C=O) groups excluding carboxylic acids is 1. The second-order valence-electron chi connectivity index (χ2n) is 8.03. The molecule has 1 amide bonds. The SMILES string of the molecule is CCc1cccc(C)c1NC(=O)CSc1nc2sc3c(c2c(=O)n1CCCOC)CCC3. The summed E-state index contributed by atoms with van der Waals surface area (Å²) in [4.78, 5) is 33.1. The number of rotatable bonds is 9. The van der Waals surface area contributed by atoms with Gasteiger partial charge in [0.15, 0.2) is 5.16 Å². The summed E-state index contributed by atoms with van der Waals surface area (Å²) < 4.78 is 6.91. The van der Waals surface area contributed by atoms with Crippen LogP contribution >= 0.6 is 23.1 Å². The normalized spacial score (nSPS) is 13.0. The van der Waals surface area contributed by atoms with Crippen molar-refractivity contribution in [1.82, 2.24) is 9.55 Å². The zero-order chi connectivity index (χ0) is 22.7. The Balaban J connectivity index is 1.58. The summed E-state index contributed by atoms with van der Waals surface area (Å²) in [6.45, 7) is 5.18. The van der Waals surface area contributed by atoms with Crippen LogP contribution in [0.1, 0.15) is 41.3 Å². The molecule has 0 bridgehead atoms. The Bertz CT molecular complexity index is 1200. The van der Waals surface area contributed by atoms with E-state index in [1.54, 1.807) is 23.0 Å². The molecule has 8 heteroatoms. The first kappa shape index (κ1) is 23.0. The lowest BCUT2D eigenvalue weighted by molar-refractivity contribution is -0.113. The van der Waals surface area contributed by atoms with Crippen molar-refractivity contribution in [3.8, 4) is 0 Å². The minimum absolute atomic E-state index is 0.0144. The summed E-state index contributed by atoms with van der Waals surface area (Å²) >= 11 is 2.96. The molecule has 0 aliphatic heterocycles. The van der Waals surface area contributed by atoms with Crippen molar-refractivity contribution in [2.75, 3.05) is 24.8 Å². The van der Waals surface area contributed by atoms with E-state index in [0.717, 1.165) is 59.1 Å². The number of nitrogens with one attached hydrogen (secondary N) is 1. The Kier molecular flexibility index (Phi) is 7.33. The molecule has 4 rings (SSSR count). The quantitative estimate of drug-likeness (QED) is 0.281. The predicted molar refractivity (Wildman–Crippen MR) is 132 cm³/mol. The monoisotopic (exact) mass is 471 g/mol. The lowest BCUT2D eigenvalue weighted by atomic mass is 10.1. The van der Waals surface area contributed by atoms with Crippen LogP contribution in [0.3, 0.4) is 0 Å². The van der Waals surface area contributed by atoms with E-state index in [2.05, 4.69) is 12.2 Å². The van der Waals surface area contributed by atoms with Crippen LogP contribution in [0.5, 0.6) is 0 Å². The number of carbonyl (C=O) groups is 1. The lowest BCUT2D eigenvalue weighted by Gasteiger charge is -2.14. The van der Waals surface area contributed by atoms with Crippen molar-refractivity contribution in [2.24, 2.45) is 0 Å². The average Bonchev–Trinajstić information content (AvgIpc) is 3.36. The Hall–Kier alpha value is -2.16. The van der Waals surface area contributed by atoms with E-state index >= 15 is 0 Å². The van der Waals surface area contributed by atoms with Gasteiger partial charge in [-0.3, -0.25) is 14.2 Å². The van der Waals surface area contributed by atoms with Crippen LogP contribution in [-0.4, -0.2) is 34.9 Å². The second kappa shape index (κ2) is 10.2. The fraction of sp³-hybridized carbons (Fsp3) is 0.458. The van der Waals surface area contributed by atoms with E-state index in [-0.39, 0.29) is 17.2 Å². The summed E-state index contributed by atoms with van der Waals surface area (Å²) in [5, 5.41) is 4.45. The van der Waals surface area contributed by atoms with Crippen LogP contribution in [0.2, 0.25) is 0 Å². The highest BCUT2D eigenvalue weighted by Crippen LogP contribution is 2.35. The van der Waals surface area contributed by atoms with Gasteiger partial charge in [0.05, 0.1) is 11.1 Å². The van der Waals surface area contributed by atoms with Gasteiger partial charge < -0.3 is 10.1 Å². The summed E-state index contributed by atoms with van der Waals surface area (Å²) in [5.74, 6) is 0.107. The van der Waals surface area contributed by atoms with Crippen LogP contribution < -0.4 is 10.9 Å². The number of fused-ring (bicyclic) bond motifs is 3. The molecule has 0 saturated heterocycles. The third-order valence-electron chi connectivity index (χ3n) is 5.86. The Morgan fingerprint density at radius 2 is 2.19 bits per heavy atom. The van der Waals surface area contributed by atoms with Crippen LogP contribution in [-0.2, 0) is 35.3 Å². The molecule has 32 heavy (non-hydrogen) atoms. The minimum Gasteiger partial charge on any atom is -0.385 e. The molecule has 0 atom stereocenters. The first-order chi connectivity index (χ1) is 15.5. The molecule has 0 spiro atoms. The summed E-state index contributed by atoms with van der Waals surface area (Å²) in [6.07, 6.45) is 4.66. The molecule has 0 saturated carbocycles. The molecule has 2 aromatic heterocycles. The molecule has 6 nitrogen and oxygen atoms in total. The smallest absolute Gasteiger partial charge is 0.263 e. The number of nitrogens with zero attached hydrogens (tertiary/aromatic N) is 2. The average molecular weight is 472 g/mol. The third kappa shape index (κ3) is 4.63. The molecule has 170 valence electrons. The van der Waals surface area contributed by atoms with Crippen LogP contribution in [0.4, 0.5) is 5.69 Å². The molecular weight excluding hydrogens is 442 g/mol. The maximum Gasteiger partial charge on any atom is 0.263 e. The number of thiophene rings is 1. The highest BCUT2D eigenvalue weighted by molar-refractivity contribution is 7.99. The zero-order valence-electron chi connectivity index (χ0n) is 18.8. The number of benzene rings is 1. The fourth-order valence-corrected chi connectivity index (χ4v) is 6.37. The molecule has 3 aromatic rings. The summed E-state index contributed by atoms with van der Waals surface area (Å²) in [5.41, 5.74) is 4.25. The van der Waals surface area contributed by atoms with Crippen molar-refractivity contribution in [1.29, 1.82) is 0 Å². The van der Waals surface area contributed by atoms with Gasteiger partial charge >= 0.3 is 0 Å². The Morgan fingerprint density at radius 3 is 2.97 bits per heavy atom. The van der Waals surface area contributed by atoms with E-state index < -0.39 is 0 Å². The highest BCUT2D eigenvalue weighted by Gasteiger charge is 2.23. The summed E-state index contributed by atoms with van der Waals surface area (Å²) in [6, 6.07) is 6.05. The molecule has 1 aliphatic carbocycles. The number of aryl methyl sites for hydroxylation is 4. The van der Waals surface area contributed by atoms with Gasteiger partial charge in [0.25, 0.3) is 5.56 Å². The van der Waals surface area contributed by atoms with Gasteiger partial charge in [-0.25, -0.2) is 4.98 Å². The van der Waals surface area contributed by atoms with E-state index in [1.165, 1.54) is 22.2 Å². The van der Waals surface area contributed by atoms with Gasteiger partial charge in [-0.05, 0) is 55.7 Å². The number of para-hydroxylation sites is 1. The van der Waals surface area contributed by atoms with Gasteiger partial charge in [0.1, 0.15) is 4.83 Å². The number of anilines is 1. The number of hydrogen-bond donors (Lipinski definition) is 1. The lowest BCUT2D eigenvalue weighted by Crippen LogP contribution is -2.25. The zero-order valence-corrected chi connectivity index (χ0v) is 20.5. The third-order valence-corrected chi connectivity index (χ3v) is 8.02. The highest BCUT2D eigenvalue weighted by atomic mass is 32.2. The van der Waals surface area contributed by atoms with Gasteiger partial charge in [-0.1, -0.05) is 36.9 Å². The predicted octanol–water partition coefficient (Wildman–Crippen LogP) is 4.58. The van der Waals surface area contributed by atoms with Crippen molar-refractivity contribution in [3.63, 3.8) is 0 Å². The molecule has 2 heterocycles. The number of ether oxygens (including phenoxy) is 1. The van der Waals surface area contributed by atoms with Gasteiger partial charge in [-0.2, -0.15) is 0 Å². The molecule has 1 N–H and O–H groups in total. The van der Waals surface area contributed by atoms with Crippen molar-refractivity contribution in [3.05, 3.63) is 50.1 Å². The van der Waals surface area contributed by atoms with Crippen LogP contribution in [0.25, 0.3) is 10.2 Å². The fourth-order valence-electron chi connectivity index (χ4n) is 4.24. The largest absolute Gasteiger partial charge is 0.385 e. The van der Waals surface area contributed by atoms with Gasteiger partial charge in [-0.15, -0.1) is 11.3 Å². The standard InChI is InChI=1S/C24H29N3O3S2/c1-4-16-9-5-8-15(2)21(16)25-19(28)14-31-24-26-22-20(17-10-6-11-18(17)32-22)23(29)27(24)12-7-13-30-3/h5,8-9H,4,6-7,10-14H2,1-3H3,(H,25,28). The maximum absolute atomic E-state index is 13.4. The first-order valence-corrected chi connectivity index (χ1v) is 12.9. The summed E-state index contributed by atoms with van der Waals surface area (Å²) in [7, 11) is 1.66. The van der Waals surface area contributed by atoms with E-state index in [0.29, 0.717) is 18.3 Å². The molecule has 1 aliphatic rings. The van der Waals surface area contributed by atoms with Crippen LogP contribution in [0, 0.1) is 6.92 Å². The molecular formula is C24H29N3O3S2. The number of hydrogen-bond acceptors (Lipinski definition) is 6. The Morgan fingerprint density at radius 1 is 1.34 bits per heavy atom. The number of methoxy groups -OCH3 is 1. The number of aromatic nitrogens is 2. The van der Waals surface area contributed by atoms with Crippen molar-refractivity contribution >= 4 is 44.9 Å². The molecule has 1 aromatic carbocycles. The van der Waals surface area contributed by atoms with E-state index in [9.17, 15) is 9.59 Å². The van der Waals surface area contributed by atoms with Gasteiger partial charge in [0.2, 0.25) is 5.91 Å². The molecule has 0 fully saturated rings. The van der Waals surface area contributed by atoms with Crippen molar-refractivity contribution < 1.29 is 9.53 Å².